The van der Waals surface area contributed by atoms with Gasteiger partial charge in [-0.3, -0.25) is 0 Å². The Bertz CT molecular complexity index is 348. The summed E-state index contributed by atoms with van der Waals surface area (Å²) in [4.78, 5) is 2.49. The Kier molecular flexibility index (Phi) is 3.20. The maximum absolute atomic E-state index is 5.86. The Labute approximate surface area is 97.0 Å². The molecule has 1 aromatic rings. The second kappa shape index (κ2) is 4.44. The van der Waals surface area contributed by atoms with Crippen LogP contribution in [0.3, 0.4) is 0 Å². The number of hydrogen-bond donors (Lipinski definition) is 0. The van der Waals surface area contributed by atoms with E-state index in [0.717, 1.165) is 0 Å². The maximum atomic E-state index is 5.86. The first-order chi connectivity index (χ1) is 7.22. The first-order valence-electron chi connectivity index (χ1n) is 5.64. The number of benzene rings is 1. The summed E-state index contributed by atoms with van der Waals surface area (Å²) >= 11 is 5.86. The fourth-order valence-corrected chi connectivity index (χ4v) is 2.63. The molecule has 1 heterocycles. The monoisotopic (exact) mass is 223 g/mol. The van der Waals surface area contributed by atoms with Crippen LogP contribution in [-0.4, -0.2) is 12.6 Å². The van der Waals surface area contributed by atoms with Crippen molar-refractivity contribution in [3.63, 3.8) is 0 Å². The molecule has 1 aromatic carbocycles. The highest BCUT2D eigenvalue weighted by atomic mass is 35.5. The van der Waals surface area contributed by atoms with Gasteiger partial charge in [-0.05, 0) is 49.9 Å². The zero-order chi connectivity index (χ0) is 10.8. The lowest BCUT2D eigenvalue weighted by Gasteiger charge is -2.24. The van der Waals surface area contributed by atoms with Gasteiger partial charge in [0.1, 0.15) is 0 Å². The second-order valence-corrected chi connectivity index (χ2v) is 4.70. The van der Waals surface area contributed by atoms with Gasteiger partial charge in [0.05, 0.1) is 0 Å². The average molecular weight is 224 g/mol. The van der Waals surface area contributed by atoms with Gasteiger partial charge in [0.25, 0.3) is 0 Å². The molecule has 2 rings (SSSR count). The zero-order valence-corrected chi connectivity index (χ0v) is 10.2. The molecule has 0 aliphatic carbocycles. The van der Waals surface area contributed by atoms with Crippen molar-refractivity contribution in [2.45, 2.75) is 38.6 Å². The second-order valence-electron chi connectivity index (χ2n) is 4.43. The van der Waals surface area contributed by atoms with Crippen LogP contribution in [0.15, 0.2) is 18.2 Å². The molecule has 1 fully saturated rings. The molecule has 0 N–H and O–H groups in total. The van der Waals surface area contributed by atoms with E-state index in [0.29, 0.717) is 11.9 Å². The summed E-state index contributed by atoms with van der Waals surface area (Å²) in [5.41, 5.74) is 3.90. The van der Waals surface area contributed by atoms with Crippen LogP contribution in [0.4, 0.5) is 5.69 Å². The van der Waals surface area contributed by atoms with Gasteiger partial charge in [0.2, 0.25) is 0 Å². The Balaban J connectivity index is 2.25. The summed E-state index contributed by atoms with van der Waals surface area (Å²) in [7, 11) is 0. The minimum atomic E-state index is 0.613. The SMILES string of the molecule is Cc1cc(N2CCCC2C)ccc1CCl. The van der Waals surface area contributed by atoms with Gasteiger partial charge in [-0.2, -0.15) is 0 Å². The van der Waals surface area contributed by atoms with Crippen molar-refractivity contribution in [2.24, 2.45) is 0 Å². The molecule has 82 valence electrons. The summed E-state index contributed by atoms with van der Waals surface area (Å²) < 4.78 is 0. The van der Waals surface area contributed by atoms with Crippen LogP contribution < -0.4 is 4.90 Å². The molecule has 0 amide bonds. The van der Waals surface area contributed by atoms with E-state index in [2.05, 4.69) is 36.9 Å². The smallest absolute Gasteiger partial charge is 0.0476 e. The summed E-state index contributed by atoms with van der Waals surface area (Å²) in [6.07, 6.45) is 2.63. The van der Waals surface area contributed by atoms with Crippen LogP contribution in [0, 0.1) is 6.92 Å². The number of hydrogen-bond acceptors (Lipinski definition) is 1. The third-order valence-electron chi connectivity index (χ3n) is 3.35. The van der Waals surface area contributed by atoms with E-state index in [-0.39, 0.29) is 0 Å². The van der Waals surface area contributed by atoms with Crippen molar-refractivity contribution >= 4 is 17.3 Å². The Morgan fingerprint density at radius 3 is 2.80 bits per heavy atom. The Morgan fingerprint density at radius 1 is 1.47 bits per heavy atom. The lowest BCUT2D eigenvalue weighted by molar-refractivity contribution is 0.735. The van der Waals surface area contributed by atoms with E-state index in [4.69, 9.17) is 11.6 Å². The highest BCUT2D eigenvalue weighted by Gasteiger charge is 2.20. The van der Waals surface area contributed by atoms with Crippen molar-refractivity contribution < 1.29 is 0 Å². The number of nitrogens with zero attached hydrogens (tertiary/aromatic N) is 1. The third kappa shape index (κ3) is 2.12. The van der Waals surface area contributed by atoms with E-state index in [1.54, 1.807) is 0 Å². The summed E-state index contributed by atoms with van der Waals surface area (Å²) in [6, 6.07) is 7.31. The van der Waals surface area contributed by atoms with Gasteiger partial charge in [0, 0.05) is 24.2 Å². The minimum absolute atomic E-state index is 0.613. The van der Waals surface area contributed by atoms with Gasteiger partial charge in [-0.15, -0.1) is 11.6 Å². The summed E-state index contributed by atoms with van der Waals surface area (Å²) in [5, 5.41) is 0. The van der Waals surface area contributed by atoms with Crippen LogP contribution in [0.1, 0.15) is 30.9 Å². The molecule has 15 heavy (non-hydrogen) atoms. The molecule has 1 nitrogen and oxygen atoms in total. The van der Waals surface area contributed by atoms with Crippen molar-refractivity contribution in [1.82, 2.24) is 0 Å². The van der Waals surface area contributed by atoms with E-state index < -0.39 is 0 Å². The van der Waals surface area contributed by atoms with Crippen LogP contribution in [0.2, 0.25) is 0 Å². The summed E-state index contributed by atoms with van der Waals surface area (Å²) in [5.74, 6) is 0.613. The molecule has 0 saturated carbocycles. The van der Waals surface area contributed by atoms with Gasteiger partial charge in [-0.1, -0.05) is 6.07 Å². The molecule has 0 aromatic heterocycles. The van der Waals surface area contributed by atoms with Gasteiger partial charge in [0.15, 0.2) is 0 Å². The minimum Gasteiger partial charge on any atom is -0.369 e. The van der Waals surface area contributed by atoms with Crippen LogP contribution in [-0.2, 0) is 5.88 Å². The lowest BCUT2D eigenvalue weighted by Crippen LogP contribution is -2.26. The van der Waals surface area contributed by atoms with E-state index in [1.807, 2.05) is 0 Å². The molecule has 1 aliphatic heterocycles. The first-order valence-corrected chi connectivity index (χ1v) is 6.18. The normalized spacial score (nSPS) is 21.0. The van der Waals surface area contributed by atoms with Gasteiger partial charge < -0.3 is 4.90 Å². The molecule has 0 radical (unpaired) electrons. The fourth-order valence-electron chi connectivity index (χ4n) is 2.33. The van der Waals surface area contributed by atoms with Crippen LogP contribution in [0.5, 0.6) is 0 Å². The number of anilines is 1. The molecule has 2 heteroatoms. The topological polar surface area (TPSA) is 3.24 Å². The van der Waals surface area contributed by atoms with Crippen molar-refractivity contribution in [3.05, 3.63) is 29.3 Å². The molecule has 0 bridgehead atoms. The largest absolute Gasteiger partial charge is 0.369 e. The highest BCUT2D eigenvalue weighted by molar-refractivity contribution is 6.17. The van der Waals surface area contributed by atoms with Crippen LogP contribution >= 0.6 is 11.6 Å². The maximum Gasteiger partial charge on any atom is 0.0476 e. The molecule has 1 aliphatic rings. The van der Waals surface area contributed by atoms with Crippen molar-refractivity contribution in [3.8, 4) is 0 Å². The number of alkyl halides is 1. The quantitative estimate of drug-likeness (QED) is 0.691. The molecule has 1 saturated heterocycles. The molecule has 0 spiro atoms. The molecule has 1 atom stereocenters. The molecule has 1 unspecified atom stereocenters. The number of rotatable bonds is 2. The van der Waals surface area contributed by atoms with E-state index in [1.165, 1.54) is 36.2 Å². The number of aryl methyl sites for hydroxylation is 1. The predicted octanol–water partition coefficient (Wildman–Crippen LogP) is 3.72. The lowest BCUT2D eigenvalue weighted by atomic mass is 10.1. The zero-order valence-electron chi connectivity index (χ0n) is 9.46. The standard InChI is InChI=1S/C13H18ClN/c1-10-8-13(6-5-12(10)9-14)15-7-3-4-11(15)2/h5-6,8,11H,3-4,7,9H2,1-2H3. The average Bonchev–Trinajstić information content (AvgIpc) is 2.64. The summed E-state index contributed by atoms with van der Waals surface area (Å²) in [6.45, 7) is 5.64. The Morgan fingerprint density at radius 2 is 2.27 bits per heavy atom. The fraction of sp³-hybridized carbons (Fsp3) is 0.538. The van der Waals surface area contributed by atoms with Crippen molar-refractivity contribution in [1.29, 1.82) is 0 Å². The van der Waals surface area contributed by atoms with E-state index in [9.17, 15) is 0 Å². The highest BCUT2D eigenvalue weighted by Crippen LogP contribution is 2.27. The number of halogens is 1. The van der Waals surface area contributed by atoms with Gasteiger partial charge >= 0.3 is 0 Å². The molecular formula is C13H18ClN. The third-order valence-corrected chi connectivity index (χ3v) is 3.64. The first kappa shape index (κ1) is 10.8. The van der Waals surface area contributed by atoms with Crippen molar-refractivity contribution in [2.75, 3.05) is 11.4 Å². The predicted molar refractivity (Wildman–Crippen MR) is 66.8 cm³/mol. The molecular weight excluding hydrogens is 206 g/mol. The van der Waals surface area contributed by atoms with Gasteiger partial charge in [-0.25, -0.2) is 0 Å². The van der Waals surface area contributed by atoms with E-state index >= 15 is 0 Å². The van der Waals surface area contributed by atoms with Crippen LogP contribution in [0.25, 0.3) is 0 Å². The Hall–Kier alpha value is -0.690.